The minimum absolute atomic E-state index is 0.00755. The number of alkyl halides is 2. The van der Waals surface area contributed by atoms with Crippen molar-refractivity contribution in [3.05, 3.63) is 63.5 Å². The summed E-state index contributed by atoms with van der Waals surface area (Å²) in [6.45, 7) is 8.71. The lowest BCUT2D eigenvalue weighted by Gasteiger charge is -2.37. The van der Waals surface area contributed by atoms with Gasteiger partial charge in [0.2, 0.25) is 5.91 Å². The average Bonchev–Trinajstić information content (AvgIpc) is 3.02. The molecule has 2 aromatic heterocycles. The van der Waals surface area contributed by atoms with E-state index in [1.54, 1.807) is 45.7 Å². The Morgan fingerprint density at radius 2 is 1.81 bits per heavy atom. The zero-order valence-corrected chi connectivity index (χ0v) is 27.5. The van der Waals surface area contributed by atoms with Crippen molar-refractivity contribution in [2.75, 3.05) is 38.1 Å². The summed E-state index contributed by atoms with van der Waals surface area (Å²) in [7, 11) is 1.61. The number of carbonyl (C=O) groups is 2. The van der Waals surface area contributed by atoms with Gasteiger partial charge in [-0.3, -0.25) is 14.2 Å². The van der Waals surface area contributed by atoms with Crippen LogP contribution in [-0.4, -0.2) is 80.8 Å². The van der Waals surface area contributed by atoms with Crippen LogP contribution in [0.1, 0.15) is 76.1 Å². The Labute approximate surface area is 271 Å². The minimum Gasteiger partial charge on any atom is -0.444 e. The highest BCUT2D eigenvalue weighted by Gasteiger charge is 2.48. The van der Waals surface area contributed by atoms with Crippen LogP contribution in [-0.2, 0) is 27.2 Å². The molecule has 11 nitrogen and oxygen atoms in total. The lowest BCUT2D eigenvalue weighted by atomic mass is 9.89. The Hall–Kier alpha value is -4.20. The van der Waals surface area contributed by atoms with E-state index < -0.39 is 47.7 Å². The molecule has 2 aliphatic heterocycles. The van der Waals surface area contributed by atoms with Crippen LogP contribution in [0.3, 0.4) is 0 Å². The molecular weight excluding hydrogens is 617 g/mol. The van der Waals surface area contributed by atoms with Gasteiger partial charge in [-0.2, -0.15) is 8.78 Å². The van der Waals surface area contributed by atoms with Gasteiger partial charge in [0.25, 0.3) is 5.56 Å². The van der Waals surface area contributed by atoms with Crippen LogP contribution in [0.5, 0.6) is 0 Å². The molecule has 2 atom stereocenters. The summed E-state index contributed by atoms with van der Waals surface area (Å²) in [5.74, 6) is -4.66. The molecule has 2 aliphatic rings. The van der Waals surface area contributed by atoms with Crippen molar-refractivity contribution in [3.8, 4) is 0 Å². The van der Waals surface area contributed by atoms with E-state index in [2.05, 4.69) is 15.3 Å². The van der Waals surface area contributed by atoms with E-state index in [0.29, 0.717) is 48.3 Å². The number of aromatic nitrogens is 3. The van der Waals surface area contributed by atoms with Crippen molar-refractivity contribution in [2.45, 2.75) is 77.0 Å². The fourth-order valence-electron chi connectivity index (χ4n) is 6.17. The van der Waals surface area contributed by atoms with E-state index in [4.69, 9.17) is 9.47 Å². The number of aryl methyl sites for hydroxylation is 1. The number of amides is 2. The number of morpholine rings is 1. The second-order valence-corrected chi connectivity index (χ2v) is 13.2. The Bertz CT molecular complexity index is 1720. The summed E-state index contributed by atoms with van der Waals surface area (Å²) >= 11 is 0. The first kappa shape index (κ1) is 34.1. The number of hydrogen-bond acceptors (Lipinski definition) is 8. The standard InChI is InChI=1S/C33H41F3N6O5/c1-19(22-8-7-9-25(27(22)34)33(35,36)26-17-42(14-15-46-26)31(45)47-32(3,4)5)39-28-24-16-23(21-10-12-41(13-11-21)20(2)43)30(44)40(6)29(24)38-18-37-28/h7-9,16,18-19,21,26H,10-15,17H2,1-6H3,(H,37,38,39)/t19-,26?/m1/s1. The molecule has 2 saturated heterocycles. The monoisotopic (exact) mass is 658 g/mol. The van der Waals surface area contributed by atoms with Crippen molar-refractivity contribution < 1.29 is 32.2 Å². The van der Waals surface area contributed by atoms with Crippen LogP contribution < -0.4 is 10.9 Å². The molecule has 0 spiro atoms. The highest BCUT2D eigenvalue weighted by atomic mass is 19.3. The number of anilines is 1. The molecule has 14 heteroatoms. The second-order valence-electron chi connectivity index (χ2n) is 13.2. The first-order valence-corrected chi connectivity index (χ1v) is 15.7. The molecule has 4 heterocycles. The zero-order chi connectivity index (χ0) is 34.3. The largest absolute Gasteiger partial charge is 0.444 e. The number of ether oxygens (including phenoxy) is 2. The molecule has 2 amide bonds. The Kier molecular flexibility index (Phi) is 9.54. The summed E-state index contributed by atoms with van der Waals surface area (Å²) in [5, 5.41) is 3.66. The molecule has 0 bridgehead atoms. The Morgan fingerprint density at radius 3 is 2.47 bits per heavy atom. The maximum Gasteiger partial charge on any atom is 0.410 e. The number of piperidine rings is 1. The van der Waals surface area contributed by atoms with Gasteiger partial charge in [0.15, 0.2) is 0 Å². The van der Waals surface area contributed by atoms with Gasteiger partial charge in [0.1, 0.15) is 35.3 Å². The van der Waals surface area contributed by atoms with Crippen molar-refractivity contribution in [2.24, 2.45) is 7.05 Å². The number of rotatable bonds is 6. The summed E-state index contributed by atoms with van der Waals surface area (Å²) in [4.78, 5) is 49.2. The first-order chi connectivity index (χ1) is 22.1. The minimum atomic E-state index is -3.77. The van der Waals surface area contributed by atoms with Crippen LogP contribution in [0.2, 0.25) is 0 Å². The Morgan fingerprint density at radius 1 is 1.11 bits per heavy atom. The van der Waals surface area contributed by atoms with Crippen LogP contribution in [0, 0.1) is 5.82 Å². The number of hydrogen-bond donors (Lipinski definition) is 1. The van der Waals surface area contributed by atoms with Gasteiger partial charge in [-0.1, -0.05) is 12.1 Å². The van der Waals surface area contributed by atoms with Gasteiger partial charge < -0.3 is 24.6 Å². The van der Waals surface area contributed by atoms with Gasteiger partial charge in [-0.05, 0) is 58.6 Å². The maximum atomic E-state index is 16.0. The second kappa shape index (κ2) is 13.1. The van der Waals surface area contributed by atoms with Crippen molar-refractivity contribution in [1.29, 1.82) is 0 Å². The van der Waals surface area contributed by atoms with E-state index in [1.807, 2.05) is 0 Å². The van der Waals surface area contributed by atoms with Gasteiger partial charge in [0, 0.05) is 44.7 Å². The molecule has 1 aromatic carbocycles. The molecular formula is C33H41F3N6O5. The van der Waals surface area contributed by atoms with E-state index in [1.165, 1.54) is 30.0 Å². The lowest BCUT2D eigenvalue weighted by Crippen LogP contribution is -2.52. The molecule has 5 rings (SSSR count). The zero-order valence-electron chi connectivity index (χ0n) is 27.5. The molecule has 1 unspecified atom stereocenters. The number of nitrogens with zero attached hydrogens (tertiary/aromatic N) is 5. The van der Waals surface area contributed by atoms with Crippen LogP contribution in [0.4, 0.5) is 23.8 Å². The fraction of sp³-hybridized carbons (Fsp3) is 0.545. The molecule has 0 saturated carbocycles. The van der Waals surface area contributed by atoms with Gasteiger partial charge in [-0.25, -0.2) is 19.2 Å². The van der Waals surface area contributed by atoms with E-state index in [9.17, 15) is 14.4 Å². The molecule has 1 N–H and O–H groups in total. The number of benzene rings is 1. The third-order valence-corrected chi connectivity index (χ3v) is 8.74. The number of carbonyl (C=O) groups excluding carboxylic acids is 2. The number of halogens is 3. The predicted molar refractivity (Wildman–Crippen MR) is 169 cm³/mol. The highest BCUT2D eigenvalue weighted by Crippen LogP contribution is 2.39. The van der Waals surface area contributed by atoms with Crippen LogP contribution in [0.15, 0.2) is 35.4 Å². The third kappa shape index (κ3) is 7.07. The fourth-order valence-corrected chi connectivity index (χ4v) is 6.17. The molecule has 0 aliphatic carbocycles. The molecule has 3 aromatic rings. The van der Waals surface area contributed by atoms with Crippen molar-refractivity contribution in [1.82, 2.24) is 24.3 Å². The van der Waals surface area contributed by atoms with E-state index in [-0.39, 0.29) is 36.1 Å². The smallest absolute Gasteiger partial charge is 0.410 e. The quantitative estimate of drug-likeness (QED) is 0.389. The number of likely N-dealkylation sites (tertiary alicyclic amines) is 1. The molecule has 0 radical (unpaired) electrons. The van der Waals surface area contributed by atoms with E-state index >= 15 is 13.2 Å². The molecule has 254 valence electrons. The highest BCUT2D eigenvalue weighted by molar-refractivity contribution is 5.87. The van der Waals surface area contributed by atoms with Gasteiger partial charge in [0.05, 0.1) is 30.1 Å². The maximum absolute atomic E-state index is 16.0. The number of fused-ring (bicyclic) bond motifs is 1. The normalized spacial score (nSPS) is 18.7. The number of nitrogens with one attached hydrogen (secondary N) is 1. The molecule has 2 fully saturated rings. The average molecular weight is 659 g/mol. The van der Waals surface area contributed by atoms with Crippen LogP contribution in [0.25, 0.3) is 11.0 Å². The summed E-state index contributed by atoms with van der Waals surface area (Å²) < 4.78 is 59.9. The predicted octanol–water partition coefficient (Wildman–Crippen LogP) is 5.09. The van der Waals surface area contributed by atoms with Crippen LogP contribution >= 0.6 is 0 Å². The summed E-state index contributed by atoms with van der Waals surface area (Å²) in [5.41, 5.74) is -0.975. The third-order valence-electron chi connectivity index (χ3n) is 8.74. The molecule has 47 heavy (non-hydrogen) atoms. The lowest BCUT2D eigenvalue weighted by molar-refractivity contribution is -0.171. The van der Waals surface area contributed by atoms with E-state index in [0.717, 1.165) is 11.0 Å². The number of pyridine rings is 1. The van der Waals surface area contributed by atoms with Gasteiger partial charge >= 0.3 is 12.0 Å². The SMILES string of the molecule is CC(=O)N1CCC(c2cc3c(N[C@H](C)c4cccc(C(F)(F)C5CN(C(=O)OC(C)(C)C)CCO5)c4F)ncnc3n(C)c2=O)CC1. The summed E-state index contributed by atoms with van der Waals surface area (Å²) in [6.07, 6.45) is -0.00340. The van der Waals surface area contributed by atoms with Crippen molar-refractivity contribution >= 4 is 28.9 Å². The van der Waals surface area contributed by atoms with Gasteiger partial charge in [-0.15, -0.1) is 0 Å². The first-order valence-electron chi connectivity index (χ1n) is 15.7. The Balaban J connectivity index is 1.40. The van der Waals surface area contributed by atoms with Crippen molar-refractivity contribution in [3.63, 3.8) is 0 Å². The summed E-state index contributed by atoms with van der Waals surface area (Å²) in [6, 6.07) is 4.68. The topological polar surface area (TPSA) is 119 Å².